The molecule has 1 aromatic carbocycles. The number of hydrazone groups is 1. The van der Waals surface area contributed by atoms with Gasteiger partial charge >= 0.3 is 0 Å². The normalized spacial score (nSPS) is 10.8. The van der Waals surface area contributed by atoms with Crippen molar-refractivity contribution < 1.29 is 4.79 Å². The van der Waals surface area contributed by atoms with E-state index in [1.165, 1.54) is 11.6 Å². The van der Waals surface area contributed by atoms with Crippen LogP contribution < -0.4 is 11.0 Å². The molecule has 0 spiro atoms. The SMILES string of the molecule is CCc1ccc(C=NNC(=O)Cc2cc(=O)[nH][nH]2)cc1. The van der Waals surface area contributed by atoms with Crippen molar-refractivity contribution in [2.45, 2.75) is 19.8 Å². The molecule has 2 aromatic rings. The van der Waals surface area contributed by atoms with Crippen LogP contribution in [0.4, 0.5) is 0 Å². The second-order valence-electron chi connectivity index (χ2n) is 4.35. The van der Waals surface area contributed by atoms with Gasteiger partial charge in [-0.2, -0.15) is 5.10 Å². The number of nitrogens with one attached hydrogen (secondary N) is 3. The number of aryl methyl sites for hydroxylation is 1. The third-order valence-electron chi connectivity index (χ3n) is 2.79. The summed E-state index contributed by atoms with van der Waals surface area (Å²) in [5, 5.41) is 8.85. The Balaban J connectivity index is 1.85. The number of aromatic amines is 2. The summed E-state index contributed by atoms with van der Waals surface area (Å²) in [5.41, 5.74) is 4.84. The van der Waals surface area contributed by atoms with Crippen LogP contribution in [0.3, 0.4) is 0 Å². The van der Waals surface area contributed by atoms with Gasteiger partial charge in [-0.3, -0.25) is 14.7 Å². The number of benzene rings is 1. The lowest BCUT2D eigenvalue weighted by Gasteiger charge is -1.98. The van der Waals surface area contributed by atoms with Crippen molar-refractivity contribution in [3.63, 3.8) is 0 Å². The van der Waals surface area contributed by atoms with Crippen molar-refractivity contribution in [1.29, 1.82) is 0 Å². The van der Waals surface area contributed by atoms with Crippen molar-refractivity contribution in [3.8, 4) is 0 Å². The van der Waals surface area contributed by atoms with Crippen LogP contribution in [0.25, 0.3) is 0 Å². The number of amides is 1. The summed E-state index contributed by atoms with van der Waals surface area (Å²) in [7, 11) is 0. The zero-order valence-electron chi connectivity index (χ0n) is 11.1. The Kier molecular flexibility index (Phi) is 4.49. The lowest BCUT2D eigenvalue weighted by molar-refractivity contribution is -0.120. The highest BCUT2D eigenvalue weighted by Gasteiger charge is 2.03. The first kappa shape index (κ1) is 13.8. The van der Waals surface area contributed by atoms with Crippen molar-refractivity contribution >= 4 is 12.1 Å². The number of aromatic nitrogens is 2. The molecule has 6 heteroatoms. The van der Waals surface area contributed by atoms with Gasteiger partial charge in [0.2, 0.25) is 5.91 Å². The number of carbonyl (C=O) groups excluding carboxylic acids is 1. The van der Waals surface area contributed by atoms with Crippen LogP contribution in [0.15, 0.2) is 40.2 Å². The Morgan fingerprint density at radius 2 is 2.05 bits per heavy atom. The minimum atomic E-state index is -0.290. The average molecular weight is 272 g/mol. The van der Waals surface area contributed by atoms with E-state index in [0.29, 0.717) is 5.69 Å². The van der Waals surface area contributed by atoms with E-state index in [2.05, 4.69) is 27.6 Å². The van der Waals surface area contributed by atoms with E-state index in [9.17, 15) is 9.59 Å². The van der Waals surface area contributed by atoms with E-state index in [1.54, 1.807) is 6.21 Å². The maximum absolute atomic E-state index is 11.6. The van der Waals surface area contributed by atoms with Crippen molar-refractivity contribution in [2.75, 3.05) is 0 Å². The van der Waals surface area contributed by atoms with Crippen molar-refractivity contribution in [2.24, 2.45) is 5.10 Å². The molecule has 0 radical (unpaired) electrons. The van der Waals surface area contributed by atoms with Crippen molar-refractivity contribution in [3.05, 3.63) is 57.5 Å². The van der Waals surface area contributed by atoms with Crippen LogP contribution in [-0.2, 0) is 17.6 Å². The lowest BCUT2D eigenvalue weighted by Crippen LogP contribution is -2.20. The van der Waals surface area contributed by atoms with Gasteiger partial charge in [0, 0.05) is 11.8 Å². The first-order valence-corrected chi connectivity index (χ1v) is 6.35. The van der Waals surface area contributed by atoms with Gasteiger partial charge in [0.1, 0.15) is 0 Å². The molecule has 0 aliphatic carbocycles. The molecule has 2 rings (SSSR count). The second-order valence-corrected chi connectivity index (χ2v) is 4.35. The largest absolute Gasteiger partial charge is 0.302 e. The first-order chi connectivity index (χ1) is 9.67. The molecule has 0 saturated carbocycles. The molecule has 1 heterocycles. The third-order valence-corrected chi connectivity index (χ3v) is 2.79. The van der Waals surface area contributed by atoms with Crippen molar-refractivity contribution in [1.82, 2.24) is 15.6 Å². The van der Waals surface area contributed by atoms with E-state index in [1.807, 2.05) is 24.3 Å². The van der Waals surface area contributed by atoms with Crippen LogP contribution in [0.5, 0.6) is 0 Å². The molecule has 0 aliphatic heterocycles. The second kappa shape index (κ2) is 6.51. The maximum Gasteiger partial charge on any atom is 0.264 e. The summed E-state index contributed by atoms with van der Waals surface area (Å²) in [6.45, 7) is 2.09. The number of H-pyrrole nitrogens is 2. The van der Waals surface area contributed by atoms with E-state index in [-0.39, 0.29) is 17.9 Å². The highest BCUT2D eigenvalue weighted by molar-refractivity contribution is 5.83. The predicted molar refractivity (Wildman–Crippen MR) is 76.7 cm³/mol. The average Bonchev–Trinajstić information content (AvgIpc) is 2.85. The molecule has 0 aliphatic rings. The van der Waals surface area contributed by atoms with Crippen LogP contribution in [0, 0.1) is 0 Å². The fraction of sp³-hybridized carbons (Fsp3) is 0.214. The van der Waals surface area contributed by atoms with E-state index < -0.39 is 0 Å². The summed E-state index contributed by atoms with van der Waals surface area (Å²) in [5.74, 6) is -0.290. The van der Waals surface area contributed by atoms with Gasteiger partial charge in [0.05, 0.1) is 12.6 Å². The quantitative estimate of drug-likeness (QED) is 0.559. The van der Waals surface area contributed by atoms with Crippen LogP contribution >= 0.6 is 0 Å². The summed E-state index contributed by atoms with van der Waals surface area (Å²) >= 11 is 0. The molecule has 1 amide bonds. The number of rotatable bonds is 5. The standard InChI is InChI=1S/C14H16N4O2/c1-2-10-3-5-11(6-4-10)9-15-17-13(19)7-12-8-14(20)18-16-12/h3-6,8-9H,2,7H2,1H3,(H,17,19)(H2,16,18,20). The molecule has 0 saturated heterocycles. The topological polar surface area (TPSA) is 90.1 Å². The van der Waals surface area contributed by atoms with Gasteiger partial charge in [-0.1, -0.05) is 31.2 Å². The highest BCUT2D eigenvalue weighted by atomic mass is 16.2. The fourth-order valence-corrected chi connectivity index (χ4v) is 1.70. The summed E-state index contributed by atoms with van der Waals surface area (Å²) in [6.07, 6.45) is 2.64. The molecule has 0 fully saturated rings. The molecule has 0 unspecified atom stereocenters. The van der Waals surface area contributed by atoms with E-state index >= 15 is 0 Å². The molecule has 0 atom stereocenters. The number of hydrogen-bond acceptors (Lipinski definition) is 3. The molecular weight excluding hydrogens is 256 g/mol. The third kappa shape index (κ3) is 3.94. The molecule has 0 bridgehead atoms. The summed E-state index contributed by atoms with van der Waals surface area (Å²) in [4.78, 5) is 22.4. The highest BCUT2D eigenvalue weighted by Crippen LogP contribution is 2.02. The fourth-order valence-electron chi connectivity index (χ4n) is 1.70. The molecule has 1 aromatic heterocycles. The zero-order chi connectivity index (χ0) is 14.4. The van der Waals surface area contributed by atoms with Crippen LogP contribution in [-0.4, -0.2) is 22.3 Å². The number of carbonyl (C=O) groups is 1. The van der Waals surface area contributed by atoms with Gasteiger partial charge in [-0.25, -0.2) is 5.43 Å². The molecular formula is C14H16N4O2. The van der Waals surface area contributed by atoms with Gasteiger partial charge in [-0.15, -0.1) is 0 Å². The summed E-state index contributed by atoms with van der Waals surface area (Å²) < 4.78 is 0. The number of hydrogen-bond donors (Lipinski definition) is 3. The predicted octanol–water partition coefficient (Wildman–Crippen LogP) is 0.958. The maximum atomic E-state index is 11.6. The Bertz CT molecular complexity index is 652. The van der Waals surface area contributed by atoms with Crippen LogP contribution in [0.1, 0.15) is 23.7 Å². The molecule has 20 heavy (non-hydrogen) atoms. The molecule has 6 nitrogen and oxygen atoms in total. The van der Waals surface area contributed by atoms with Gasteiger partial charge in [0.25, 0.3) is 5.56 Å². The van der Waals surface area contributed by atoms with E-state index in [0.717, 1.165) is 12.0 Å². The Morgan fingerprint density at radius 3 is 2.65 bits per heavy atom. The number of nitrogens with zero attached hydrogens (tertiary/aromatic N) is 1. The minimum Gasteiger partial charge on any atom is -0.302 e. The molecule has 104 valence electrons. The van der Waals surface area contributed by atoms with Gasteiger partial charge < -0.3 is 5.10 Å². The Labute approximate surface area is 115 Å². The molecule has 3 N–H and O–H groups in total. The first-order valence-electron chi connectivity index (χ1n) is 6.35. The zero-order valence-corrected chi connectivity index (χ0v) is 11.1. The van der Waals surface area contributed by atoms with Crippen LogP contribution in [0.2, 0.25) is 0 Å². The van der Waals surface area contributed by atoms with Gasteiger partial charge in [0.15, 0.2) is 0 Å². The minimum absolute atomic E-state index is 0.0743. The smallest absolute Gasteiger partial charge is 0.264 e. The lowest BCUT2D eigenvalue weighted by atomic mass is 10.1. The summed E-state index contributed by atoms with van der Waals surface area (Å²) in [6, 6.07) is 9.27. The van der Waals surface area contributed by atoms with E-state index in [4.69, 9.17) is 0 Å². The monoisotopic (exact) mass is 272 g/mol. The Morgan fingerprint density at radius 1 is 1.30 bits per heavy atom. The van der Waals surface area contributed by atoms with Gasteiger partial charge in [-0.05, 0) is 17.5 Å². The Hall–Kier alpha value is -2.63.